The molecule has 3 aromatic rings. The maximum Gasteiger partial charge on any atom is 0.263 e. The van der Waals surface area contributed by atoms with Gasteiger partial charge in [-0.1, -0.05) is 36.8 Å². The quantitative estimate of drug-likeness (QED) is 0.613. The minimum absolute atomic E-state index is 0.0406. The Labute approximate surface area is 183 Å². The number of aryl methyl sites for hydroxylation is 2. The van der Waals surface area contributed by atoms with Crippen molar-refractivity contribution in [2.75, 3.05) is 23.3 Å². The fraction of sp³-hybridized carbons (Fsp3) is 0.320. The maximum atomic E-state index is 12.9. The Balaban J connectivity index is 1.45. The highest BCUT2D eigenvalue weighted by Crippen LogP contribution is 2.31. The van der Waals surface area contributed by atoms with Gasteiger partial charge in [-0.05, 0) is 56.0 Å². The number of rotatable bonds is 6. The van der Waals surface area contributed by atoms with E-state index in [4.69, 9.17) is 4.74 Å². The number of ether oxygens (including phenoxy) is 1. The largest absolute Gasteiger partial charge is 0.436 e. The molecule has 6 nitrogen and oxygen atoms in total. The molecule has 1 unspecified atom stereocenters. The van der Waals surface area contributed by atoms with Crippen LogP contribution in [0.15, 0.2) is 60.9 Å². The van der Waals surface area contributed by atoms with Gasteiger partial charge in [-0.2, -0.15) is 0 Å². The lowest BCUT2D eigenvalue weighted by Crippen LogP contribution is -2.41. The molecule has 1 aliphatic rings. The van der Waals surface area contributed by atoms with Crippen LogP contribution in [0.25, 0.3) is 0 Å². The summed E-state index contributed by atoms with van der Waals surface area (Å²) in [4.78, 5) is 23.9. The molecule has 1 amide bonds. The number of aromatic nitrogens is 2. The summed E-state index contributed by atoms with van der Waals surface area (Å²) in [5.74, 6) is 1.78. The highest BCUT2D eigenvalue weighted by atomic mass is 16.5. The summed E-state index contributed by atoms with van der Waals surface area (Å²) in [5, 5.41) is 3.06. The van der Waals surface area contributed by atoms with E-state index < -0.39 is 0 Å². The fourth-order valence-corrected chi connectivity index (χ4v) is 3.78. The molecule has 1 N–H and O–H groups in total. The van der Waals surface area contributed by atoms with Crippen molar-refractivity contribution in [2.24, 2.45) is 5.92 Å². The Morgan fingerprint density at radius 1 is 1.10 bits per heavy atom. The van der Waals surface area contributed by atoms with Crippen molar-refractivity contribution in [3.05, 3.63) is 72.1 Å². The number of amides is 1. The highest BCUT2D eigenvalue weighted by Gasteiger charge is 2.28. The molecule has 2 heterocycles. The van der Waals surface area contributed by atoms with Crippen LogP contribution < -0.4 is 15.0 Å². The maximum absolute atomic E-state index is 12.9. The number of carbonyl (C=O) groups is 1. The van der Waals surface area contributed by atoms with Gasteiger partial charge in [-0.3, -0.25) is 4.79 Å². The van der Waals surface area contributed by atoms with E-state index in [0.717, 1.165) is 31.5 Å². The Hall–Kier alpha value is -3.41. The topological polar surface area (TPSA) is 67.4 Å². The minimum Gasteiger partial charge on any atom is -0.436 e. The summed E-state index contributed by atoms with van der Waals surface area (Å²) in [5.41, 5.74) is 3.26. The van der Waals surface area contributed by atoms with Crippen molar-refractivity contribution < 1.29 is 9.53 Å². The molecule has 1 fully saturated rings. The Bertz CT molecular complexity index is 1020. The average molecular weight is 417 g/mol. The summed E-state index contributed by atoms with van der Waals surface area (Å²) in [7, 11) is 0. The molecule has 1 aliphatic heterocycles. The van der Waals surface area contributed by atoms with Crippen molar-refractivity contribution in [3.8, 4) is 11.6 Å². The number of nitrogens with one attached hydrogen (secondary N) is 1. The van der Waals surface area contributed by atoms with Crippen LogP contribution in [0, 0.1) is 12.8 Å². The van der Waals surface area contributed by atoms with E-state index in [2.05, 4.69) is 39.2 Å². The second kappa shape index (κ2) is 9.60. The van der Waals surface area contributed by atoms with Crippen LogP contribution in [0.4, 0.5) is 11.5 Å². The lowest BCUT2D eigenvalue weighted by atomic mass is 9.97. The monoisotopic (exact) mass is 416 g/mol. The molecular formula is C25H28N4O2. The zero-order valence-corrected chi connectivity index (χ0v) is 18.0. The Morgan fingerprint density at radius 2 is 1.84 bits per heavy atom. The van der Waals surface area contributed by atoms with E-state index in [-0.39, 0.29) is 11.8 Å². The first-order valence-electron chi connectivity index (χ1n) is 10.8. The molecule has 1 atom stereocenters. The van der Waals surface area contributed by atoms with Crippen molar-refractivity contribution >= 4 is 17.4 Å². The molecule has 0 saturated carbocycles. The summed E-state index contributed by atoms with van der Waals surface area (Å²) >= 11 is 0. The summed E-state index contributed by atoms with van der Waals surface area (Å²) in [6.07, 6.45) is 6.03. The number of carbonyl (C=O) groups excluding carboxylic acids is 1. The van der Waals surface area contributed by atoms with Crippen LogP contribution in [0.2, 0.25) is 0 Å². The molecule has 0 radical (unpaired) electrons. The summed E-state index contributed by atoms with van der Waals surface area (Å²) < 4.78 is 6.02. The first kappa shape index (κ1) is 20.8. The predicted molar refractivity (Wildman–Crippen MR) is 123 cm³/mol. The van der Waals surface area contributed by atoms with Gasteiger partial charge in [0.05, 0.1) is 5.92 Å². The molecule has 0 aliphatic carbocycles. The fourth-order valence-electron chi connectivity index (χ4n) is 3.78. The number of anilines is 2. The zero-order valence-electron chi connectivity index (χ0n) is 18.0. The van der Waals surface area contributed by atoms with Gasteiger partial charge in [0.25, 0.3) is 5.88 Å². The molecule has 31 heavy (non-hydrogen) atoms. The zero-order chi connectivity index (χ0) is 21.6. The average Bonchev–Trinajstić information content (AvgIpc) is 2.81. The third-order valence-electron chi connectivity index (χ3n) is 5.60. The number of hydrogen-bond acceptors (Lipinski definition) is 5. The van der Waals surface area contributed by atoms with Crippen LogP contribution in [0.1, 0.15) is 30.9 Å². The van der Waals surface area contributed by atoms with Crippen molar-refractivity contribution in [2.45, 2.75) is 33.1 Å². The van der Waals surface area contributed by atoms with E-state index in [9.17, 15) is 4.79 Å². The van der Waals surface area contributed by atoms with Gasteiger partial charge in [-0.15, -0.1) is 0 Å². The molecular weight excluding hydrogens is 388 g/mol. The molecule has 0 bridgehead atoms. The van der Waals surface area contributed by atoms with Crippen molar-refractivity contribution in [1.29, 1.82) is 0 Å². The Kier molecular flexibility index (Phi) is 6.46. The van der Waals surface area contributed by atoms with Crippen molar-refractivity contribution in [1.82, 2.24) is 9.97 Å². The third-order valence-corrected chi connectivity index (χ3v) is 5.60. The van der Waals surface area contributed by atoms with Gasteiger partial charge in [0.1, 0.15) is 5.75 Å². The SMILES string of the molecule is CCc1ccc(NC(=O)C2CCCN(c3nccnc3Oc3ccc(C)cc3)C2)cc1. The van der Waals surface area contributed by atoms with Gasteiger partial charge in [0.15, 0.2) is 5.82 Å². The molecule has 6 heteroatoms. The van der Waals surface area contributed by atoms with E-state index in [1.807, 2.05) is 43.3 Å². The number of hydrogen-bond donors (Lipinski definition) is 1. The second-order valence-electron chi connectivity index (χ2n) is 7.93. The molecule has 2 aromatic carbocycles. The first-order valence-corrected chi connectivity index (χ1v) is 10.8. The van der Waals surface area contributed by atoms with Gasteiger partial charge < -0.3 is 15.0 Å². The standard InChI is InChI=1S/C25H28N4O2/c1-3-19-8-10-21(11-9-19)28-24(30)20-5-4-16-29(17-20)23-25(27-15-14-26-23)31-22-12-6-18(2)7-13-22/h6-15,20H,3-5,16-17H2,1-2H3,(H,28,30). The van der Waals surface area contributed by atoms with Gasteiger partial charge >= 0.3 is 0 Å². The second-order valence-corrected chi connectivity index (χ2v) is 7.93. The lowest BCUT2D eigenvalue weighted by Gasteiger charge is -2.33. The number of benzene rings is 2. The highest BCUT2D eigenvalue weighted by molar-refractivity contribution is 5.93. The third kappa shape index (κ3) is 5.20. The van der Waals surface area contributed by atoms with Crippen molar-refractivity contribution in [3.63, 3.8) is 0 Å². The van der Waals surface area contributed by atoms with E-state index >= 15 is 0 Å². The summed E-state index contributed by atoms with van der Waals surface area (Å²) in [6.45, 7) is 5.56. The summed E-state index contributed by atoms with van der Waals surface area (Å²) in [6, 6.07) is 15.9. The predicted octanol–water partition coefficient (Wildman–Crippen LogP) is 4.99. The van der Waals surface area contributed by atoms with Gasteiger partial charge in [0, 0.05) is 31.2 Å². The van der Waals surface area contributed by atoms with Crippen LogP contribution in [0.5, 0.6) is 11.6 Å². The van der Waals surface area contributed by atoms with Crippen LogP contribution in [-0.4, -0.2) is 29.0 Å². The van der Waals surface area contributed by atoms with Gasteiger partial charge in [-0.25, -0.2) is 9.97 Å². The van der Waals surface area contributed by atoms with Crippen LogP contribution >= 0.6 is 0 Å². The number of piperidine rings is 1. The minimum atomic E-state index is -0.117. The molecule has 4 rings (SSSR count). The first-order chi connectivity index (χ1) is 15.1. The van der Waals surface area contributed by atoms with E-state index in [1.54, 1.807) is 12.4 Å². The molecule has 0 spiro atoms. The Morgan fingerprint density at radius 3 is 2.58 bits per heavy atom. The van der Waals surface area contributed by atoms with Crippen LogP contribution in [0.3, 0.4) is 0 Å². The molecule has 160 valence electrons. The molecule has 1 aromatic heterocycles. The lowest BCUT2D eigenvalue weighted by molar-refractivity contribution is -0.120. The van der Waals surface area contributed by atoms with Crippen LogP contribution in [-0.2, 0) is 11.2 Å². The van der Waals surface area contributed by atoms with E-state index in [1.165, 1.54) is 11.1 Å². The normalized spacial score (nSPS) is 16.1. The number of nitrogens with zero attached hydrogens (tertiary/aromatic N) is 3. The smallest absolute Gasteiger partial charge is 0.263 e. The van der Waals surface area contributed by atoms with E-state index in [0.29, 0.717) is 24.0 Å². The van der Waals surface area contributed by atoms with Gasteiger partial charge in [0.2, 0.25) is 5.91 Å². The molecule has 1 saturated heterocycles.